The molecule has 150 valence electrons. The molecule has 1 saturated heterocycles. The molecular formula is C20H32FN5O. The van der Waals surface area contributed by atoms with Gasteiger partial charge in [0, 0.05) is 33.2 Å². The van der Waals surface area contributed by atoms with Crippen molar-refractivity contribution >= 4 is 11.9 Å². The molecule has 27 heavy (non-hydrogen) atoms. The normalized spacial score (nSPS) is 17.8. The minimum Gasteiger partial charge on any atom is -0.356 e. The number of benzene rings is 1. The van der Waals surface area contributed by atoms with Gasteiger partial charge in [0.25, 0.3) is 0 Å². The molecule has 1 atom stereocenters. The van der Waals surface area contributed by atoms with E-state index in [4.69, 9.17) is 0 Å². The average molecular weight is 378 g/mol. The highest BCUT2D eigenvalue weighted by atomic mass is 19.1. The summed E-state index contributed by atoms with van der Waals surface area (Å²) in [5.41, 5.74) is 1.06. The summed E-state index contributed by atoms with van der Waals surface area (Å²) < 4.78 is 13.0. The molecule has 7 heteroatoms. The van der Waals surface area contributed by atoms with Gasteiger partial charge in [-0.1, -0.05) is 19.1 Å². The number of carbonyl (C=O) groups excluding carboxylic acids is 1. The molecule has 1 heterocycles. The van der Waals surface area contributed by atoms with Crippen molar-refractivity contribution in [2.45, 2.75) is 32.2 Å². The summed E-state index contributed by atoms with van der Waals surface area (Å²) in [5, 5.41) is 6.67. The van der Waals surface area contributed by atoms with Crippen molar-refractivity contribution in [3.63, 3.8) is 0 Å². The SMILES string of the molecule is CCN1CCCC1CNC(=NCC(=O)N(C)C)NCCc1ccc(F)cc1. The second-order valence-corrected chi connectivity index (χ2v) is 7.06. The van der Waals surface area contributed by atoms with Crippen LogP contribution in [0.1, 0.15) is 25.3 Å². The van der Waals surface area contributed by atoms with Crippen LogP contribution in [0.25, 0.3) is 0 Å². The number of amides is 1. The standard InChI is InChI=1S/C20H32FN5O/c1-4-26-13-5-6-18(26)14-23-20(24-15-19(27)25(2)3)22-12-11-16-7-9-17(21)10-8-16/h7-10,18H,4-6,11-15H2,1-3H3,(H2,22,23,24). The number of carbonyl (C=O) groups is 1. The maximum Gasteiger partial charge on any atom is 0.243 e. The van der Waals surface area contributed by atoms with Gasteiger partial charge in [0.05, 0.1) is 0 Å². The van der Waals surface area contributed by atoms with Gasteiger partial charge < -0.3 is 15.5 Å². The Morgan fingerprint density at radius 1 is 1.30 bits per heavy atom. The summed E-state index contributed by atoms with van der Waals surface area (Å²) in [6.45, 7) is 5.97. The molecule has 0 aliphatic carbocycles. The molecule has 0 bridgehead atoms. The second-order valence-electron chi connectivity index (χ2n) is 7.06. The van der Waals surface area contributed by atoms with E-state index in [1.165, 1.54) is 29.9 Å². The van der Waals surface area contributed by atoms with E-state index in [2.05, 4.69) is 27.4 Å². The maximum atomic E-state index is 13.0. The zero-order chi connectivity index (χ0) is 19.6. The molecule has 2 N–H and O–H groups in total. The van der Waals surface area contributed by atoms with Crippen LogP contribution in [0.3, 0.4) is 0 Å². The predicted molar refractivity (Wildman–Crippen MR) is 107 cm³/mol. The van der Waals surface area contributed by atoms with E-state index in [1.54, 1.807) is 26.2 Å². The van der Waals surface area contributed by atoms with E-state index in [0.29, 0.717) is 18.5 Å². The Morgan fingerprint density at radius 3 is 2.70 bits per heavy atom. The summed E-state index contributed by atoms with van der Waals surface area (Å²) in [6.07, 6.45) is 3.16. The first kappa shape index (κ1) is 21.2. The largest absolute Gasteiger partial charge is 0.356 e. The zero-order valence-electron chi connectivity index (χ0n) is 16.7. The first-order chi connectivity index (χ1) is 13.0. The van der Waals surface area contributed by atoms with E-state index >= 15 is 0 Å². The number of hydrogen-bond donors (Lipinski definition) is 2. The van der Waals surface area contributed by atoms with Crippen LogP contribution in [0.5, 0.6) is 0 Å². The molecular weight excluding hydrogens is 345 g/mol. The third-order valence-corrected chi connectivity index (χ3v) is 4.90. The molecule has 0 saturated carbocycles. The molecule has 1 aromatic carbocycles. The van der Waals surface area contributed by atoms with Gasteiger partial charge in [-0.05, 0) is 50.0 Å². The summed E-state index contributed by atoms with van der Waals surface area (Å²) in [5.74, 6) is 0.385. The number of likely N-dealkylation sites (tertiary alicyclic amines) is 1. The number of aliphatic imine (C=N–C) groups is 1. The fourth-order valence-corrected chi connectivity index (χ4v) is 3.20. The van der Waals surface area contributed by atoms with Crippen molar-refractivity contribution in [2.24, 2.45) is 4.99 Å². The molecule has 1 aromatic rings. The Kier molecular flexibility index (Phi) is 8.51. The molecule has 0 radical (unpaired) electrons. The number of halogens is 1. The van der Waals surface area contributed by atoms with E-state index in [0.717, 1.165) is 31.6 Å². The third-order valence-electron chi connectivity index (χ3n) is 4.90. The van der Waals surface area contributed by atoms with Crippen molar-refractivity contribution in [3.8, 4) is 0 Å². The number of likely N-dealkylation sites (N-methyl/N-ethyl adjacent to an activating group) is 2. The van der Waals surface area contributed by atoms with Crippen molar-refractivity contribution in [2.75, 3.05) is 46.8 Å². The Bertz CT molecular complexity index is 617. The van der Waals surface area contributed by atoms with Crippen molar-refractivity contribution < 1.29 is 9.18 Å². The minimum atomic E-state index is -0.227. The molecule has 2 rings (SSSR count). The van der Waals surface area contributed by atoms with Gasteiger partial charge in [-0.15, -0.1) is 0 Å². The molecule has 6 nitrogen and oxygen atoms in total. The smallest absolute Gasteiger partial charge is 0.243 e. The molecule has 1 unspecified atom stereocenters. The van der Waals surface area contributed by atoms with Gasteiger partial charge in [0.15, 0.2) is 5.96 Å². The molecule has 1 fully saturated rings. The van der Waals surface area contributed by atoms with Gasteiger partial charge in [-0.3, -0.25) is 9.69 Å². The van der Waals surface area contributed by atoms with Gasteiger partial charge >= 0.3 is 0 Å². The lowest BCUT2D eigenvalue weighted by Crippen LogP contribution is -2.45. The van der Waals surface area contributed by atoms with Gasteiger partial charge in [-0.25, -0.2) is 9.38 Å². The van der Waals surface area contributed by atoms with Gasteiger partial charge in [0.2, 0.25) is 5.91 Å². The highest BCUT2D eigenvalue weighted by molar-refractivity contribution is 5.84. The zero-order valence-corrected chi connectivity index (χ0v) is 16.7. The number of guanidine groups is 1. The monoisotopic (exact) mass is 377 g/mol. The fraction of sp³-hybridized carbons (Fsp3) is 0.600. The van der Waals surface area contributed by atoms with Crippen LogP contribution in [0.2, 0.25) is 0 Å². The summed E-state index contributed by atoms with van der Waals surface area (Å²) in [7, 11) is 3.45. The van der Waals surface area contributed by atoms with Gasteiger partial charge in [0.1, 0.15) is 12.4 Å². The Hall–Kier alpha value is -2.15. The molecule has 0 aromatic heterocycles. The topological polar surface area (TPSA) is 60.0 Å². The Labute approximate surface area is 161 Å². The summed E-state index contributed by atoms with van der Waals surface area (Å²) in [4.78, 5) is 20.3. The third kappa shape index (κ3) is 7.17. The van der Waals surface area contributed by atoms with E-state index in [-0.39, 0.29) is 18.3 Å². The van der Waals surface area contributed by atoms with Crippen LogP contribution in [-0.4, -0.2) is 74.5 Å². The van der Waals surface area contributed by atoms with Crippen molar-refractivity contribution in [3.05, 3.63) is 35.6 Å². The van der Waals surface area contributed by atoms with E-state index < -0.39 is 0 Å². The quantitative estimate of drug-likeness (QED) is 0.532. The van der Waals surface area contributed by atoms with Crippen LogP contribution < -0.4 is 10.6 Å². The van der Waals surface area contributed by atoms with Gasteiger partial charge in [-0.2, -0.15) is 0 Å². The van der Waals surface area contributed by atoms with Crippen molar-refractivity contribution in [1.82, 2.24) is 20.4 Å². The second kappa shape index (κ2) is 10.9. The lowest BCUT2D eigenvalue weighted by atomic mass is 10.1. The lowest BCUT2D eigenvalue weighted by molar-refractivity contribution is -0.127. The van der Waals surface area contributed by atoms with Crippen LogP contribution in [0.4, 0.5) is 4.39 Å². The number of hydrogen-bond acceptors (Lipinski definition) is 3. The highest BCUT2D eigenvalue weighted by Gasteiger charge is 2.22. The first-order valence-corrected chi connectivity index (χ1v) is 9.70. The van der Waals surface area contributed by atoms with Crippen LogP contribution in [-0.2, 0) is 11.2 Å². The highest BCUT2D eigenvalue weighted by Crippen LogP contribution is 2.15. The number of rotatable bonds is 8. The summed E-state index contributed by atoms with van der Waals surface area (Å²) in [6, 6.07) is 7.02. The summed E-state index contributed by atoms with van der Waals surface area (Å²) >= 11 is 0. The van der Waals surface area contributed by atoms with Crippen LogP contribution in [0, 0.1) is 5.82 Å². The van der Waals surface area contributed by atoms with E-state index in [1.807, 2.05) is 0 Å². The molecule has 1 aliphatic rings. The fourth-order valence-electron chi connectivity index (χ4n) is 3.20. The Balaban J connectivity index is 1.88. The number of nitrogens with zero attached hydrogens (tertiary/aromatic N) is 3. The lowest BCUT2D eigenvalue weighted by Gasteiger charge is -2.24. The average Bonchev–Trinajstić information content (AvgIpc) is 3.12. The molecule has 0 spiro atoms. The molecule has 1 amide bonds. The number of nitrogens with one attached hydrogen (secondary N) is 2. The molecule has 1 aliphatic heterocycles. The van der Waals surface area contributed by atoms with Crippen molar-refractivity contribution in [1.29, 1.82) is 0 Å². The van der Waals surface area contributed by atoms with Crippen LogP contribution >= 0.6 is 0 Å². The Morgan fingerprint density at radius 2 is 2.04 bits per heavy atom. The van der Waals surface area contributed by atoms with Crippen LogP contribution in [0.15, 0.2) is 29.3 Å². The predicted octanol–water partition coefficient (Wildman–Crippen LogP) is 1.48. The van der Waals surface area contributed by atoms with E-state index in [9.17, 15) is 9.18 Å². The maximum absolute atomic E-state index is 13.0. The minimum absolute atomic E-state index is 0.0364. The first-order valence-electron chi connectivity index (χ1n) is 9.70.